The Morgan fingerprint density at radius 3 is 2.74 bits per heavy atom. The number of likely N-dealkylation sites (tertiary alicyclic amines) is 1. The molecule has 1 atom stereocenters. The lowest BCUT2D eigenvalue weighted by atomic mass is 10.2. The molecule has 1 fully saturated rings. The van der Waals surface area contributed by atoms with Crippen molar-refractivity contribution in [2.45, 2.75) is 26.0 Å². The molecule has 1 aromatic heterocycles. The Bertz CT molecular complexity index is 779. The predicted molar refractivity (Wildman–Crippen MR) is 101 cm³/mol. The number of aromatic nitrogens is 1. The van der Waals surface area contributed by atoms with Crippen LogP contribution in [0.1, 0.15) is 17.5 Å². The first kappa shape index (κ1) is 18.8. The Morgan fingerprint density at radius 2 is 2.04 bits per heavy atom. The molecule has 0 aliphatic carbocycles. The summed E-state index contributed by atoms with van der Waals surface area (Å²) in [6.45, 7) is 3.61. The van der Waals surface area contributed by atoms with Crippen LogP contribution in [0.25, 0.3) is 0 Å². The highest BCUT2D eigenvalue weighted by Crippen LogP contribution is 2.27. The number of aryl methyl sites for hydroxylation is 1. The van der Waals surface area contributed by atoms with Gasteiger partial charge in [-0.25, -0.2) is 9.78 Å². The first-order valence-electron chi connectivity index (χ1n) is 8.92. The summed E-state index contributed by atoms with van der Waals surface area (Å²) in [5.74, 6) is 1.90. The first-order chi connectivity index (χ1) is 13.1. The summed E-state index contributed by atoms with van der Waals surface area (Å²) in [4.78, 5) is 18.4. The third kappa shape index (κ3) is 4.81. The van der Waals surface area contributed by atoms with Gasteiger partial charge >= 0.3 is 6.03 Å². The minimum absolute atomic E-state index is 0.0352. The molecule has 144 valence electrons. The minimum atomic E-state index is -0.104. The fourth-order valence-corrected chi connectivity index (χ4v) is 2.98. The standard InChI is InChI=1S/C20H25N3O4/c1-14-4-7-19(21-11-14)27-16-8-9-23(13-16)20(24)22-12-15-5-6-17(25-2)18(10-15)26-3/h4-7,10-11,16H,8-9,12-13H2,1-3H3,(H,22,24). The predicted octanol–water partition coefficient (Wildman–Crippen LogP) is 2.77. The number of amides is 2. The normalized spacial score (nSPS) is 16.1. The van der Waals surface area contributed by atoms with Crippen LogP contribution >= 0.6 is 0 Å². The van der Waals surface area contributed by atoms with E-state index in [0.29, 0.717) is 37.0 Å². The van der Waals surface area contributed by atoms with Crippen LogP contribution in [0.2, 0.25) is 0 Å². The number of nitrogens with one attached hydrogen (secondary N) is 1. The van der Waals surface area contributed by atoms with Crippen LogP contribution in [0.5, 0.6) is 17.4 Å². The number of ether oxygens (including phenoxy) is 3. The molecule has 0 saturated carbocycles. The molecule has 2 heterocycles. The Morgan fingerprint density at radius 1 is 1.22 bits per heavy atom. The fourth-order valence-electron chi connectivity index (χ4n) is 2.98. The number of hydrogen-bond donors (Lipinski definition) is 1. The molecule has 0 spiro atoms. The van der Waals surface area contributed by atoms with Crippen molar-refractivity contribution in [3.63, 3.8) is 0 Å². The van der Waals surface area contributed by atoms with Crippen LogP contribution < -0.4 is 19.5 Å². The number of hydrogen-bond acceptors (Lipinski definition) is 5. The van der Waals surface area contributed by atoms with Crippen molar-refractivity contribution in [2.24, 2.45) is 0 Å². The highest BCUT2D eigenvalue weighted by molar-refractivity contribution is 5.74. The van der Waals surface area contributed by atoms with Gasteiger partial charge in [0.15, 0.2) is 11.5 Å². The summed E-state index contributed by atoms with van der Waals surface area (Å²) in [6, 6.07) is 9.31. The average Bonchev–Trinajstić information content (AvgIpc) is 3.16. The van der Waals surface area contributed by atoms with Gasteiger partial charge in [-0.1, -0.05) is 12.1 Å². The van der Waals surface area contributed by atoms with E-state index < -0.39 is 0 Å². The first-order valence-corrected chi connectivity index (χ1v) is 8.92. The average molecular weight is 371 g/mol. The summed E-state index contributed by atoms with van der Waals surface area (Å²) >= 11 is 0. The molecule has 1 aliphatic heterocycles. The second kappa shape index (κ2) is 8.62. The van der Waals surface area contributed by atoms with Crippen molar-refractivity contribution in [2.75, 3.05) is 27.3 Å². The maximum Gasteiger partial charge on any atom is 0.317 e. The highest BCUT2D eigenvalue weighted by atomic mass is 16.5. The van der Waals surface area contributed by atoms with Crippen LogP contribution in [-0.4, -0.2) is 49.3 Å². The summed E-state index contributed by atoms with van der Waals surface area (Å²) < 4.78 is 16.4. The van der Waals surface area contributed by atoms with Gasteiger partial charge in [0, 0.05) is 31.8 Å². The summed E-state index contributed by atoms with van der Waals surface area (Å²) in [7, 11) is 3.19. The van der Waals surface area contributed by atoms with E-state index in [-0.39, 0.29) is 12.1 Å². The zero-order valence-electron chi connectivity index (χ0n) is 15.9. The molecule has 1 saturated heterocycles. The van der Waals surface area contributed by atoms with Gasteiger partial charge in [-0.05, 0) is 30.2 Å². The summed E-state index contributed by atoms with van der Waals surface area (Å²) in [5.41, 5.74) is 2.03. The van der Waals surface area contributed by atoms with Gasteiger partial charge in [0.25, 0.3) is 0 Å². The molecule has 0 radical (unpaired) electrons. The van der Waals surface area contributed by atoms with Gasteiger partial charge in [0.1, 0.15) is 6.10 Å². The van der Waals surface area contributed by atoms with Crippen molar-refractivity contribution in [3.05, 3.63) is 47.7 Å². The van der Waals surface area contributed by atoms with Crippen LogP contribution in [0.15, 0.2) is 36.5 Å². The lowest BCUT2D eigenvalue weighted by molar-refractivity contribution is 0.183. The number of pyridine rings is 1. The molecule has 3 rings (SSSR count). The van der Waals surface area contributed by atoms with E-state index in [2.05, 4.69) is 10.3 Å². The number of rotatable bonds is 6. The maximum absolute atomic E-state index is 12.4. The van der Waals surface area contributed by atoms with E-state index in [1.807, 2.05) is 37.3 Å². The Labute approximate surface area is 159 Å². The van der Waals surface area contributed by atoms with Crippen LogP contribution in [-0.2, 0) is 6.54 Å². The number of carbonyl (C=O) groups excluding carboxylic acids is 1. The number of methoxy groups -OCH3 is 2. The van der Waals surface area contributed by atoms with E-state index in [1.165, 1.54) is 0 Å². The van der Waals surface area contributed by atoms with Crippen molar-refractivity contribution in [1.82, 2.24) is 15.2 Å². The Kier molecular flexibility index (Phi) is 6.01. The summed E-state index contributed by atoms with van der Waals surface area (Å²) in [5, 5.41) is 2.94. The van der Waals surface area contributed by atoms with Crippen molar-refractivity contribution in [3.8, 4) is 17.4 Å². The van der Waals surface area contributed by atoms with E-state index in [0.717, 1.165) is 17.5 Å². The molecule has 1 N–H and O–H groups in total. The monoisotopic (exact) mass is 371 g/mol. The van der Waals surface area contributed by atoms with Gasteiger partial charge in [-0.15, -0.1) is 0 Å². The van der Waals surface area contributed by atoms with Crippen molar-refractivity contribution >= 4 is 6.03 Å². The van der Waals surface area contributed by atoms with Crippen LogP contribution in [0, 0.1) is 6.92 Å². The van der Waals surface area contributed by atoms with Gasteiger partial charge in [0.2, 0.25) is 5.88 Å². The zero-order chi connectivity index (χ0) is 19.2. The van der Waals surface area contributed by atoms with E-state index in [9.17, 15) is 4.79 Å². The molecular formula is C20H25N3O4. The maximum atomic E-state index is 12.4. The second-order valence-corrected chi connectivity index (χ2v) is 6.50. The number of nitrogens with zero attached hydrogens (tertiary/aromatic N) is 2. The molecule has 7 heteroatoms. The van der Waals surface area contributed by atoms with Gasteiger partial charge in [0.05, 0.1) is 20.8 Å². The molecule has 2 amide bonds. The third-order valence-electron chi connectivity index (χ3n) is 4.50. The molecule has 1 unspecified atom stereocenters. The summed E-state index contributed by atoms with van der Waals surface area (Å²) in [6.07, 6.45) is 2.53. The van der Waals surface area contributed by atoms with Crippen LogP contribution in [0.3, 0.4) is 0 Å². The van der Waals surface area contributed by atoms with E-state index in [1.54, 1.807) is 25.3 Å². The molecule has 2 aromatic rings. The van der Waals surface area contributed by atoms with Gasteiger partial charge in [-0.3, -0.25) is 0 Å². The number of benzene rings is 1. The van der Waals surface area contributed by atoms with Gasteiger partial charge in [-0.2, -0.15) is 0 Å². The molecule has 1 aliphatic rings. The minimum Gasteiger partial charge on any atom is -0.493 e. The third-order valence-corrected chi connectivity index (χ3v) is 4.50. The topological polar surface area (TPSA) is 72.9 Å². The quantitative estimate of drug-likeness (QED) is 0.845. The Hall–Kier alpha value is -2.96. The van der Waals surface area contributed by atoms with Crippen molar-refractivity contribution < 1.29 is 19.0 Å². The molecule has 7 nitrogen and oxygen atoms in total. The lowest BCUT2D eigenvalue weighted by Crippen LogP contribution is -2.39. The Balaban J connectivity index is 1.49. The highest BCUT2D eigenvalue weighted by Gasteiger charge is 2.27. The molecular weight excluding hydrogens is 346 g/mol. The van der Waals surface area contributed by atoms with Crippen molar-refractivity contribution in [1.29, 1.82) is 0 Å². The zero-order valence-corrected chi connectivity index (χ0v) is 15.9. The molecule has 1 aromatic carbocycles. The largest absolute Gasteiger partial charge is 0.493 e. The van der Waals surface area contributed by atoms with E-state index >= 15 is 0 Å². The molecule has 27 heavy (non-hydrogen) atoms. The number of carbonyl (C=O) groups is 1. The number of urea groups is 1. The second-order valence-electron chi connectivity index (χ2n) is 6.50. The lowest BCUT2D eigenvalue weighted by Gasteiger charge is -2.18. The molecule has 0 bridgehead atoms. The smallest absolute Gasteiger partial charge is 0.317 e. The van der Waals surface area contributed by atoms with E-state index in [4.69, 9.17) is 14.2 Å². The fraction of sp³-hybridized carbons (Fsp3) is 0.400. The van der Waals surface area contributed by atoms with Gasteiger partial charge < -0.3 is 24.4 Å². The van der Waals surface area contributed by atoms with Crippen LogP contribution in [0.4, 0.5) is 4.79 Å². The SMILES string of the molecule is COc1ccc(CNC(=O)N2CCC(Oc3ccc(C)cn3)C2)cc1OC.